The van der Waals surface area contributed by atoms with Gasteiger partial charge < -0.3 is 47.1 Å². The van der Waals surface area contributed by atoms with E-state index >= 15 is 0 Å². The Labute approximate surface area is 305 Å². The molecule has 1 heterocycles. The van der Waals surface area contributed by atoms with Gasteiger partial charge in [-0.25, -0.2) is 4.79 Å². The van der Waals surface area contributed by atoms with Crippen LogP contribution in [0, 0.1) is 11.8 Å². The molecule has 6 amide bonds. The zero-order valence-electron chi connectivity index (χ0n) is 31.0. The summed E-state index contributed by atoms with van der Waals surface area (Å²) in [6.45, 7) is 9.27. The molecule has 16 heteroatoms. The molecule has 1 saturated heterocycles. The third-order valence-corrected chi connectivity index (χ3v) is 8.40. The molecule has 0 aromatic heterocycles. The van der Waals surface area contributed by atoms with Crippen LogP contribution in [0.3, 0.4) is 0 Å². The predicted octanol–water partition coefficient (Wildman–Crippen LogP) is 0.649. The Morgan fingerprint density at radius 2 is 1.62 bits per heavy atom. The molecule has 5 atom stereocenters. The molecule has 290 valence electrons. The molecule has 1 aliphatic rings. The Balaban J connectivity index is 2.19. The molecule has 0 bridgehead atoms. The molecule has 1 fully saturated rings. The first-order chi connectivity index (χ1) is 24.7. The predicted molar refractivity (Wildman–Crippen MR) is 192 cm³/mol. The Hall–Kier alpha value is -4.57. The van der Waals surface area contributed by atoms with Crippen molar-refractivity contribution >= 4 is 41.4 Å². The van der Waals surface area contributed by atoms with Crippen molar-refractivity contribution in [1.82, 2.24) is 26.2 Å². The number of hydrogen-bond donors (Lipinski definition) is 6. The lowest BCUT2D eigenvalue weighted by atomic mass is 10.0. The number of primary amides is 1. The zero-order chi connectivity index (χ0) is 38.8. The molecule has 16 nitrogen and oxygen atoms in total. The van der Waals surface area contributed by atoms with Gasteiger partial charge in [-0.05, 0) is 49.6 Å². The highest BCUT2D eigenvalue weighted by Gasteiger charge is 2.44. The lowest BCUT2D eigenvalue weighted by Gasteiger charge is -2.31. The number of Topliss-reactive ketones (excluding diaryl/α,β-unsaturated/α-hetero) is 1. The maximum Gasteiger partial charge on any atom is 0.407 e. The van der Waals surface area contributed by atoms with Crippen LogP contribution in [0.1, 0.15) is 78.7 Å². The molecule has 1 aromatic carbocycles. The minimum absolute atomic E-state index is 0.0379. The van der Waals surface area contributed by atoms with E-state index in [9.17, 15) is 33.6 Å². The van der Waals surface area contributed by atoms with Crippen LogP contribution in [0.15, 0.2) is 30.3 Å². The van der Waals surface area contributed by atoms with Crippen molar-refractivity contribution in [3.05, 3.63) is 35.9 Å². The first-order valence-electron chi connectivity index (χ1n) is 18.0. The molecule has 1 aromatic rings. The highest BCUT2D eigenvalue weighted by atomic mass is 16.5. The van der Waals surface area contributed by atoms with E-state index < -0.39 is 78.2 Å². The van der Waals surface area contributed by atoms with Crippen LogP contribution in [0.25, 0.3) is 0 Å². The quantitative estimate of drug-likeness (QED) is 0.0719. The molecule has 2 rings (SSSR count). The van der Waals surface area contributed by atoms with Crippen molar-refractivity contribution in [2.45, 2.75) is 110 Å². The third-order valence-electron chi connectivity index (χ3n) is 8.40. The molecular formula is C36H57N7O9. The summed E-state index contributed by atoms with van der Waals surface area (Å²) < 4.78 is 11.4. The van der Waals surface area contributed by atoms with E-state index in [4.69, 9.17) is 20.9 Å². The van der Waals surface area contributed by atoms with Crippen molar-refractivity contribution < 1.29 is 43.0 Å². The fraction of sp³-hybridized carbons (Fsp3) is 0.639. The summed E-state index contributed by atoms with van der Waals surface area (Å²) in [7, 11) is 0. The number of carbonyl (C=O) groups is 7. The number of nitrogens with zero attached hydrogens (tertiary/aromatic N) is 1. The van der Waals surface area contributed by atoms with Gasteiger partial charge in [0.05, 0.1) is 31.9 Å². The summed E-state index contributed by atoms with van der Waals surface area (Å²) in [5.41, 5.74) is 11.7. The number of ketones is 1. The first kappa shape index (κ1) is 43.6. The number of nitrogens with two attached hydrogens (primary N) is 2. The first-order valence-corrected chi connectivity index (χ1v) is 18.0. The second kappa shape index (κ2) is 22.4. The molecule has 0 aliphatic carbocycles. The average Bonchev–Trinajstić information content (AvgIpc) is 3.54. The van der Waals surface area contributed by atoms with Crippen LogP contribution in [-0.2, 0) is 44.8 Å². The van der Waals surface area contributed by atoms with Crippen LogP contribution in [0.5, 0.6) is 0 Å². The van der Waals surface area contributed by atoms with Crippen molar-refractivity contribution in [1.29, 1.82) is 0 Å². The normalized spacial score (nSPS) is 17.2. The SMILES string of the molecule is CCCC(NC(=O)[C@@H]1C[C@@H](OCc2ccccc2)CN1C(=O)C(NC(=O)OCC(C)C)C(C)C)C(=O)C(=O)NCC(=O)NC(CCCCN)C(N)=O. The van der Waals surface area contributed by atoms with E-state index in [1.54, 1.807) is 20.8 Å². The number of unbranched alkanes of at least 4 members (excludes halogenated alkanes) is 1. The van der Waals surface area contributed by atoms with Gasteiger partial charge in [-0.15, -0.1) is 0 Å². The van der Waals surface area contributed by atoms with Gasteiger partial charge in [-0.1, -0.05) is 71.4 Å². The van der Waals surface area contributed by atoms with Crippen LogP contribution >= 0.6 is 0 Å². The molecular weight excluding hydrogens is 674 g/mol. The minimum Gasteiger partial charge on any atom is -0.449 e. The lowest BCUT2D eigenvalue weighted by molar-refractivity contribution is -0.143. The van der Waals surface area contributed by atoms with Gasteiger partial charge >= 0.3 is 6.09 Å². The van der Waals surface area contributed by atoms with Gasteiger partial charge in [0, 0.05) is 13.0 Å². The maximum absolute atomic E-state index is 14.0. The number of likely N-dealkylation sites (tertiary alicyclic amines) is 1. The van der Waals surface area contributed by atoms with Gasteiger partial charge in [0.1, 0.15) is 18.1 Å². The van der Waals surface area contributed by atoms with Crippen LogP contribution in [0.2, 0.25) is 0 Å². The number of nitrogens with one attached hydrogen (secondary N) is 4. The molecule has 1 aliphatic heterocycles. The number of alkyl carbamates (subject to hydrolysis) is 1. The maximum atomic E-state index is 14.0. The monoisotopic (exact) mass is 731 g/mol. The number of ether oxygens (including phenoxy) is 2. The second-order valence-corrected chi connectivity index (χ2v) is 13.7. The van der Waals surface area contributed by atoms with Crippen LogP contribution in [-0.4, -0.2) is 103 Å². The molecule has 0 saturated carbocycles. The summed E-state index contributed by atoms with van der Waals surface area (Å²) in [6, 6.07) is 5.04. The van der Waals surface area contributed by atoms with E-state index in [0.717, 1.165) is 5.56 Å². The zero-order valence-corrected chi connectivity index (χ0v) is 31.0. The number of benzene rings is 1. The molecule has 0 radical (unpaired) electrons. The van der Waals surface area contributed by atoms with Gasteiger partial charge in [-0.2, -0.15) is 0 Å². The molecule has 3 unspecified atom stereocenters. The van der Waals surface area contributed by atoms with E-state index in [2.05, 4.69) is 21.3 Å². The second-order valence-electron chi connectivity index (χ2n) is 13.7. The largest absolute Gasteiger partial charge is 0.449 e. The third kappa shape index (κ3) is 14.6. The number of amides is 6. The summed E-state index contributed by atoms with van der Waals surface area (Å²) in [5.74, 6) is -5.06. The number of rotatable bonds is 22. The van der Waals surface area contributed by atoms with Crippen molar-refractivity contribution in [2.75, 3.05) is 26.2 Å². The van der Waals surface area contributed by atoms with Crippen molar-refractivity contribution in [3.63, 3.8) is 0 Å². The molecule has 8 N–H and O–H groups in total. The lowest BCUT2D eigenvalue weighted by Crippen LogP contribution is -2.57. The topological polar surface area (TPSA) is 241 Å². The average molecular weight is 732 g/mol. The minimum atomic E-state index is -1.26. The summed E-state index contributed by atoms with van der Waals surface area (Å²) in [4.78, 5) is 92.1. The highest BCUT2D eigenvalue weighted by Crippen LogP contribution is 2.25. The summed E-state index contributed by atoms with van der Waals surface area (Å²) in [6.07, 6.45) is 0.750. The van der Waals surface area contributed by atoms with Crippen molar-refractivity contribution in [3.8, 4) is 0 Å². The van der Waals surface area contributed by atoms with Gasteiger partial charge in [-0.3, -0.25) is 28.8 Å². The summed E-state index contributed by atoms with van der Waals surface area (Å²) >= 11 is 0. The van der Waals surface area contributed by atoms with E-state index in [0.29, 0.717) is 25.8 Å². The van der Waals surface area contributed by atoms with E-state index in [1.165, 1.54) is 4.90 Å². The summed E-state index contributed by atoms with van der Waals surface area (Å²) in [5, 5.41) is 9.96. The van der Waals surface area contributed by atoms with Gasteiger partial charge in [0.15, 0.2) is 0 Å². The fourth-order valence-corrected chi connectivity index (χ4v) is 5.56. The van der Waals surface area contributed by atoms with Gasteiger partial charge in [0.2, 0.25) is 29.4 Å². The Bertz CT molecular complexity index is 1360. The van der Waals surface area contributed by atoms with Gasteiger partial charge in [0.25, 0.3) is 5.91 Å². The smallest absolute Gasteiger partial charge is 0.407 e. The van der Waals surface area contributed by atoms with Crippen molar-refractivity contribution in [2.24, 2.45) is 23.3 Å². The van der Waals surface area contributed by atoms with E-state index in [-0.39, 0.29) is 50.9 Å². The molecule has 52 heavy (non-hydrogen) atoms. The standard InChI is InChI=1S/C36H57N7O9/c1-6-12-26(31(45)34(48)39-18-29(44)40-27(32(38)46)15-10-11-16-37)41-33(47)28-17-25(51-21-24-13-8-7-9-14-24)19-43(28)35(49)30(23(4)5)42-36(50)52-20-22(2)3/h7-9,13-14,22-23,25-28,30H,6,10-12,15-21,37H2,1-5H3,(H2,38,46)(H,39,48)(H,40,44)(H,41,47)(H,42,50)/t25-,26?,27?,28+,30?/m1/s1. The number of carbonyl (C=O) groups excluding carboxylic acids is 7. The van der Waals surface area contributed by atoms with Crippen LogP contribution < -0.4 is 32.7 Å². The Morgan fingerprint density at radius 3 is 2.21 bits per heavy atom. The van der Waals surface area contributed by atoms with Crippen LogP contribution in [0.4, 0.5) is 4.79 Å². The number of hydrogen-bond acceptors (Lipinski definition) is 10. The Morgan fingerprint density at radius 1 is 0.923 bits per heavy atom. The van der Waals surface area contributed by atoms with E-state index in [1.807, 2.05) is 44.2 Å². The fourth-order valence-electron chi connectivity index (χ4n) is 5.56. The Kier molecular flexibility index (Phi) is 18.8. The molecule has 0 spiro atoms. The highest BCUT2D eigenvalue weighted by molar-refractivity contribution is 6.38.